The molecule has 0 saturated carbocycles. The zero-order chi connectivity index (χ0) is 17.0. The second-order valence-electron chi connectivity index (χ2n) is 5.43. The number of sulfonamides is 1. The molecule has 6 heteroatoms. The van der Waals surface area contributed by atoms with Gasteiger partial charge in [0, 0.05) is 5.69 Å². The van der Waals surface area contributed by atoms with E-state index >= 15 is 0 Å². The minimum Gasteiger partial charge on any atom is -0.324 e. The van der Waals surface area contributed by atoms with Gasteiger partial charge in [0.2, 0.25) is 15.9 Å². The van der Waals surface area contributed by atoms with Gasteiger partial charge >= 0.3 is 0 Å². The Balaban J connectivity index is 2.27. The summed E-state index contributed by atoms with van der Waals surface area (Å²) in [6.45, 7) is 3.49. The number of hydrogen-bond donors (Lipinski definition) is 1. The van der Waals surface area contributed by atoms with E-state index < -0.39 is 16.1 Å². The first-order valence-corrected chi connectivity index (χ1v) is 9.06. The van der Waals surface area contributed by atoms with Crippen LogP contribution in [0.15, 0.2) is 54.6 Å². The van der Waals surface area contributed by atoms with Crippen molar-refractivity contribution in [2.24, 2.45) is 0 Å². The van der Waals surface area contributed by atoms with Crippen LogP contribution in [-0.2, 0) is 14.8 Å². The summed E-state index contributed by atoms with van der Waals surface area (Å²) in [5.74, 6) is -0.384. The largest absolute Gasteiger partial charge is 0.324 e. The fraction of sp³-hybridized carbons (Fsp3) is 0.235. The molecule has 0 spiro atoms. The molecule has 0 heterocycles. The summed E-state index contributed by atoms with van der Waals surface area (Å²) in [6, 6.07) is 15.1. The summed E-state index contributed by atoms with van der Waals surface area (Å²) in [5.41, 5.74) is 2.11. The van der Waals surface area contributed by atoms with Crippen molar-refractivity contribution in [3.8, 4) is 0 Å². The second kappa shape index (κ2) is 6.83. The average molecular weight is 332 g/mol. The molecule has 23 heavy (non-hydrogen) atoms. The molecular weight excluding hydrogens is 312 g/mol. The minimum atomic E-state index is -3.59. The van der Waals surface area contributed by atoms with Crippen LogP contribution < -0.4 is 9.62 Å². The fourth-order valence-electron chi connectivity index (χ4n) is 2.35. The number of benzene rings is 2. The maximum Gasteiger partial charge on any atom is 0.247 e. The van der Waals surface area contributed by atoms with E-state index in [9.17, 15) is 13.2 Å². The first-order chi connectivity index (χ1) is 10.8. The third kappa shape index (κ3) is 4.32. The number of aryl methyl sites for hydroxylation is 1. The molecule has 0 radical (unpaired) electrons. The molecule has 0 aromatic heterocycles. The van der Waals surface area contributed by atoms with Crippen molar-refractivity contribution in [2.45, 2.75) is 19.9 Å². The number of anilines is 2. The van der Waals surface area contributed by atoms with Gasteiger partial charge in [-0.25, -0.2) is 8.42 Å². The number of carbonyl (C=O) groups excluding carboxylic acids is 1. The molecule has 1 N–H and O–H groups in total. The molecule has 0 bridgehead atoms. The second-order valence-corrected chi connectivity index (χ2v) is 7.29. The van der Waals surface area contributed by atoms with Crippen molar-refractivity contribution in [3.63, 3.8) is 0 Å². The van der Waals surface area contributed by atoms with E-state index in [1.54, 1.807) is 43.3 Å². The monoisotopic (exact) mass is 332 g/mol. The molecule has 2 aromatic carbocycles. The summed E-state index contributed by atoms with van der Waals surface area (Å²) in [6.07, 6.45) is 1.09. The highest BCUT2D eigenvalue weighted by atomic mass is 32.2. The Morgan fingerprint density at radius 3 is 2.30 bits per heavy atom. The van der Waals surface area contributed by atoms with Gasteiger partial charge in [-0.05, 0) is 43.7 Å². The molecule has 0 aliphatic rings. The van der Waals surface area contributed by atoms with Gasteiger partial charge in [0.25, 0.3) is 0 Å². The van der Waals surface area contributed by atoms with Crippen molar-refractivity contribution in [2.75, 3.05) is 15.9 Å². The highest BCUT2D eigenvalue weighted by molar-refractivity contribution is 7.92. The van der Waals surface area contributed by atoms with E-state index in [2.05, 4.69) is 5.32 Å². The lowest BCUT2D eigenvalue weighted by molar-refractivity contribution is -0.116. The molecule has 1 amide bonds. The third-order valence-corrected chi connectivity index (χ3v) is 4.63. The molecule has 5 nitrogen and oxygen atoms in total. The van der Waals surface area contributed by atoms with Crippen LogP contribution in [0.4, 0.5) is 11.4 Å². The molecule has 1 unspecified atom stereocenters. The normalized spacial score (nSPS) is 12.5. The maximum atomic E-state index is 12.5. The number of nitrogens with one attached hydrogen (secondary N) is 1. The highest BCUT2D eigenvalue weighted by Gasteiger charge is 2.28. The van der Waals surface area contributed by atoms with Gasteiger partial charge in [-0.15, -0.1) is 0 Å². The number of hydrogen-bond acceptors (Lipinski definition) is 3. The van der Waals surface area contributed by atoms with Crippen LogP contribution in [0.3, 0.4) is 0 Å². The lowest BCUT2D eigenvalue weighted by Gasteiger charge is -2.28. The lowest BCUT2D eigenvalue weighted by atomic mass is 10.2. The van der Waals surface area contributed by atoms with Gasteiger partial charge in [0.15, 0.2) is 0 Å². The quantitative estimate of drug-likeness (QED) is 0.915. The molecule has 0 saturated heterocycles. The van der Waals surface area contributed by atoms with Gasteiger partial charge in [-0.2, -0.15) is 0 Å². The first-order valence-electron chi connectivity index (χ1n) is 7.21. The molecule has 0 aliphatic carbocycles. The summed E-state index contributed by atoms with van der Waals surface area (Å²) in [4.78, 5) is 12.5. The van der Waals surface area contributed by atoms with Crippen molar-refractivity contribution >= 4 is 27.3 Å². The number of nitrogens with zero attached hydrogens (tertiary/aromatic N) is 1. The van der Waals surface area contributed by atoms with Gasteiger partial charge in [-0.3, -0.25) is 9.10 Å². The Morgan fingerprint density at radius 1 is 1.09 bits per heavy atom. The smallest absolute Gasteiger partial charge is 0.247 e. The number of rotatable bonds is 5. The lowest BCUT2D eigenvalue weighted by Crippen LogP contribution is -2.45. The average Bonchev–Trinajstić information content (AvgIpc) is 2.47. The van der Waals surface area contributed by atoms with Gasteiger partial charge in [0.1, 0.15) is 6.04 Å². The van der Waals surface area contributed by atoms with Crippen molar-refractivity contribution in [3.05, 3.63) is 60.2 Å². The Hall–Kier alpha value is -2.34. The van der Waals surface area contributed by atoms with Crippen molar-refractivity contribution in [1.82, 2.24) is 0 Å². The number of amides is 1. The van der Waals surface area contributed by atoms with E-state index in [1.165, 1.54) is 0 Å². The zero-order valence-electron chi connectivity index (χ0n) is 13.4. The highest BCUT2D eigenvalue weighted by Crippen LogP contribution is 2.21. The molecule has 0 aliphatic heterocycles. The molecule has 0 fully saturated rings. The predicted molar refractivity (Wildman–Crippen MR) is 93.0 cm³/mol. The van der Waals surface area contributed by atoms with Crippen molar-refractivity contribution < 1.29 is 13.2 Å². The zero-order valence-corrected chi connectivity index (χ0v) is 14.2. The third-order valence-electron chi connectivity index (χ3n) is 3.38. The predicted octanol–water partition coefficient (Wildman–Crippen LogP) is 2.79. The molecule has 2 aromatic rings. The Morgan fingerprint density at radius 2 is 1.74 bits per heavy atom. The Bertz CT molecular complexity index is 788. The van der Waals surface area contributed by atoms with Gasteiger partial charge in [-0.1, -0.05) is 30.3 Å². The van der Waals surface area contributed by atoms with Crippen LogP contribution in [-0.4, -0.2) is 26.6 Å². The van der Waals surface area contributed by atoms with Gasteiger partial charge < -0.3 is 5.32 Å². The van der Waals surface area contributed by atoms with E-state index in [0.717, 1.165) is 16.1 Å². The van der Waals surface area contributed by atoms with Crippen LogP contribution in [0.2, 0.25) is 0 Å². The fourth-order valence-corrected chi connectivity index (χ4v) is 3.53. The van der Waals surface area contributed by atoms with E-state index in [-0.39, 0.29) is 5.91 Å². The number of para-hydroxylation sites is 1. The number of carbonyl (C=O) groups is 1. The summed E-state index contributed by atoms with van der Waals surface area (Å²) in [5, 5.41) is 2.76. The maximum absolute atomic E-state index is 12.5. The van der Waals surface area contributed by atoms with E-state index in [1.807, 2.05) is 25.1 Å². The van der Waals surface area contributed by atoms with E-state index in [0.29, 0.717) is 11.4 Å². The first kappa shape index (κ1) is 17.0. The standard InChI is InChI=1S/C17H20N2O3S/c1-13-8-7-9-15(12-13)18-17(20)14(2)19(23(3,21)22)16-10-5-4-6-11-16/h4-12,14H,1-3H3,(H,18,20). The van der Waals surface area contributed by atoms with Crippen LogP contribution in [0.5, 0.6) is 0 Å². The SMILES string of the molecule is Cc1cccc(NC(=O)C(C)N(c2ccccc2)S(C)(=O)=O)c1. The van der Waals surface area contributed by atoms with Crippen molar-refractivity contribution in [1.29, 1.82) is 0 Å². The van der Waals surface area contributed by atoms with E-state index in [4.69, 9.17) is 0 Å². The molecule has 122 valence electrons. The van der Waals surface area contributed by atoms with Gasteiger partial charge in [0.05, 0.1) is 11.9 Å². The Kier molecular flexibility index (Phi) is 5.05. The van der Waals surface area contributed by atoms with Crippen LogP contribution in [0.1, 0.15) is 12.5 Å². The topological polar surface area (TPSA) is 66.5 Å². The van der Waals surface area contributed by atoms with Crippen LogP contribution in [0, 0.1) is 6.92 Å². The minimum absolute atomic E-state index is 0.384. The van der Waals surface area contributed by atoms with Crippen LogP contribution >= 0.6 is 0 Å². The van der Waals surface area contributed by atoms with Crippen LogP contribution in [0.25, 0.3) is 0 Å². The molecule has 2 rings (SSSR count). The summed E-state index contributed by atoms with van der Waals surface area (Å²) in [7, 11) is -3.59. The summed E-state index contributed by atoms with van der Waals surface area (Å²) < 4.78 is 25.4. The Labute approximate surface area is 137 Å². The molecular formula is C17H20N2O3S. The molecule has 1 atom stereocenters. The summed E-state index contributed by atoms with van der Waals surface area (Å²) >= 11 is 0.